The van der Waals surface area contributed by atoms with Crippen LogP contribution < -0.4 is 0 Å². The summed E-state index contributed by atoms with van der Waals surface area (Å²) in [5.41, 5.74) is 1.20. The fraction of sp³-hybridized carbons (Fsp3) is 0.700. The van der Waals surface area contributed by atoms with E-state index in [1.807, 2.05) is 33.8 Å². The maximum atomic E-state index is 12.4. The largest absolute Gasteiger partial charge is 0.461 e. The highest BCUT2D eigenvalue weighted by molar-refractivity contribution is 5.90. The quantitative estimate of drug-likeness (QED) is 0.560. The Bertz CT molecular complexity index is 548. The van der Waals surface area contributed by atoms with Gasteiger partial charge in [-0.15, -0.1) is 0 Å². The van der Waals surface area contributed by atoms with Crippen LogP contribution in [0.5, 0.6) is 0 Å². The molecule has 0 aromatic heterocycles. The van der Waals surface area contributed by atoms with Gasteiger partial charge in [-0.3, -0.25) is 9.59 Å². The number of ketones is 1. The number of allylic oxidation sites excluding steroid dienone is 1. The van der Waals surface area contributed by atoms with E-state index in [2.05, 4.69) is 0 Å². The Morgan fingerprint density at radius 3 is 2.24 bits per heavy atom. The third-order valence-electron chi connectivity index (χ3n) is 5.01. The molecule has 5 nitrogen and oxygen atoms in total. The molecule has 142 valence electrons. The minimum Gasteiger partial charge on any atom is -0.461 e. The number of rotatable bonds is 1. The topological polar surface area (TPSA) is 83.8 Å². The molecule has 0 radical (unpaired) electrons. The summed E-state index contributed by atoms with van der Waals surface area (Å²) in [4.78, 5) is 24.6. The maximum absolute atomic E-state index is 12.4. The van der Waals surface area contributed by atoms with Gasteiger partial charge in [0.1, 0.15) is 6.10 Å². The molecule has 0 saturated carbocycles. The van der Waals surface area contributed by atoms with Crippen molar-refractivity contribution >= 4 is 11.8 Å². The van der Waals surface area contributed by atoms with Gasteiger partial charge in [0.05, 0.1) is 18.1 Å². The first-order valence-electron chi connectivity index (χ1n) is 9.04. The normalized spacial score (nSPS) is 40.3. The van der Waals surface area contributed by atoms with Crippen LogP contribution in [0, 0.1) is 17.8 Å². The number of cyclic esters (lactones) is 1. The zero-order valence-corrected chi connectivity index (χ0v) is 16.2. The van der Waals surface area contributed by atoms with Crippen molar-refractivity contribution in [2.24, 2.45) is 17.8 Å². The van der Waals surface area contributed by atoms with E-state index in [1.54, 1.807) is 13.8 Å². The molecule has 1 heterocycles. The molecule has 0 saturated heterocycles. The minimum absolute atomic E-state index is 0.0737. The van der Waals surface area contributed by atoms with Crippen LogP contribution in [0.1, 0.15) is 54.4 Å². The molecule has 0 bridgehead atoms. The highest BCUT2D eigenvalue weighted by Crippen LogP contribution is 2.24. The summed E-state index contributed by atoms with van der Waals surface area (Å²) in [5.74, 6) is -1.71. The zero-order valence-electron chi connectivity index (χ0n) is 16.2. The van der Waals surface area contributed by atoms with Crippen molar-refractivity contribution in [1.82, 2.24) is 0 Å². The van der Waals surface area contributed by atoms with Crippen molar-refractivity contribution in [2.75, 3.05) is 0 Å². The van der Waals surface area contributed by atoms with Gasteiger partial charge < -0.3 is 14.9 Å². The Labute approximate surface area is 150 Å². The molecular formula is C20H32O5. The second-order valence-corrected chi connectivity index (χ2v) is 7.37. The molecule has 0 aliphatic carbocycles. The third-order valence-corrected chi connectivity index (χ3v) is 5.01. The molecule has 1 rings (SSSR count). The summed E-state index contributed by atoms with van der Waals surface area (Å²) >= 11 is 0. The Hall–Kier alpha value is -1.46. The Morgan fingerprint density at radius 1 is 1.08 bits per heavy atom. The number of hydrogen-bond donors (Lipinski definition) is 2. The van der Waals surface area contributed by atoms with Crippen molar-refractivity contribution in [2.45, 2.75) is 72.7 Å². The second kappa shape index (κ2) is 9.30. The Morgan fingerprint density at radius 2 is 1.68 bits per heavy atom. The van der Waals surface area contributed by atoms with Crippen LogP contribution in [0.15, 0.2) is 23.3 Å². The molecule has 5 heteroatoms. The summed E-state index contributed by atoms with van der Waals surface area (Å²) < 4.78 is 5.59. The highest BCUT2D eigenvalue weighted by Gasteiger charge is 2.29. The number of esters is 1. The summed E-state index contributed by atoms with van der Waals surface area (Å²) in [6.07, 6.45) is 1.96. The molecule has 25 heavy (non-hydrogen) atoms. The number of aliphatic hydroxyl groups is 2. The van der Waals surface area contributed by atoms with E-state index in [9.17, 15) is 19.8 Å². The SMILES string of the molecule is CC[C@@H]1OC(=O)[C@H](C)C(O)/C(C)=C/C(=O)CC(C)C(O)/C(C)=C/C1C. The van der Waals surface area contributed by atoms with Crippen LogP contribution in [0.4, 0.5) is 0 Å². The third kappa shape index (κ3) is 5.79. The monoisotopic (exact) mass is 352 g/mol. The van der Waals surface area contributed by atoms with Gasteiger partial charge in [0.15, 0.2) is 5.78 Å². The van der Waals surface area contributed by atoms with Crippen molar-refractivity contribution < 1.29 is 24.5 Å². The summed E-state index contributed by atoms with van der Waals surface area (Å²) in [5, 5.41) is 20.8. The van der Waals surface area contributed by atoms with Crippen LogP contribution in [-0.2, 0) is 14.3 Å². The molecule has 6 atom stereocenters. The summed E-state index contributed by atoms with van der Waals surface area (Å²) in [6, 6.07) is 0. The lowest BCUT2D eigenvalue weighted by Crippen LogP contribution is -2.34. The average molecular weight is 352 g/mol. The zero-order chi connectivity index (χ0) is 19.3. The molecule has 2 N–H and O–H groups in total. The first kappa shape index (κ1) is 21.6. The van der Waals surface area contributed by atoms with Gasteiger partial charge in [-0.05, 0) is 50.3 Å². The maximum Gasteiger partial charge on any atom is 0.311 e. The van der Waals surface area contributed by atoms with E-state index in [1.165, 1.54) is 6.08 Å². The van der Waals surface area contributed by atoms with Gasteiger partial charge in [0, 0.05) is 12.3 Å². The lowest BCUT2D eigenvalue weighted by Gasteiger charge is -2.27. The number of carbonyl (C=O) groups excluding carboxylic acids is 2. The highest BCUT2D eigenvalue weighted by atomic mass is 16.5. The molecule has 0 aromatic rings. The van der Waals surface area contributed by atoms with Gasteiger partial charge in [0.2, 0.25) is 0 Å². The number of aliphatic hydroxyl groups excluding tert-OH is 2. The van der Waals surface area contributed by atoms with E-state index >= 15 is 0 Å². The van der Waals surface area contributed by atoms with Crippen LogP contribution >= 0.6 is 0 Å². The van der Waals surface area contributed by atoms with Gasteiger partial charge in [-0.1, -0.05) is 26.8 Å². The molecule has 0 aromatic carbocycles. The van der Waals surface area contributed by atoms with Crippen LogP contribution in [0.2, 0.25) is 0 Å². The van der Waals surface area contributed by atoms with E-state index in [0.717, 1.165) is 5.57 Å². The van der Waals surface area contributed by atoms with E-state index in [0.29, 0.717) is 12.0 Å². The predicted octanol–water partition coefficient (Wildman–Crippen LogP) is 2.80. The van der Waals surface area contributed by atoms with Crippen LogP contribution in [0.3, 0.4) is 0 Å². The van der Waals surface area contributed by atoms with E-state index in [-0.39, 0.29) is 30.1 Å². The Kier molecular flexibility index (Phi) is 8.03. The molecule has 0 spiro atoms. The number of hydrogen-bond acceptors (Lipinski definition) is 5. The first-order chi connectivity index (χ1) is 11.6. The van der Waals surface area contributed by atoms with Crippen molar-refractivity contribution in [1.29, 1.82) is 0 Å². The van der Waals surface area contributed by atoms with Crippen molar-refractivity contribution in [3.63, 3.8) is 0 Å². The summed E-state index contributed by atoms with van der Waals surface area (Å²) in [6.45, 7) is 10.8. The number of ether oxygens (including phenoxy) is 1. The Balaban J connectivity index is 3.23. The average Bonchev–Trinajstić information content (AvgIpc) is 2.55. The molecule has 1 aliphatic rings. The van der Waals surface area contributed by atoms with Crippen LogP contribution in [0.25, 0.3) is 0 Å². The van der Waals surface area contributed by atoms with Crippen molar-refractivity contribution in [3.05, 3.63) is 23.3 Å². The van der Waals surface area contributed by atoms with Gasteiger partial charge >= 0.3 is 5.97 Å². The van der Waals surface area contributed by atoms with Gasteiger partial charge in [0.25, 0.3) is 0 Å². The predicted molar refractivity (Wildman–Crippen MR) is 96.8 cm³/mol. The van der Waals surface area contributed by atoms with Crippen molar-refractivity contribution in [3.8, 4) is 0 Å². The van der Waals surface area contributed by atoms with Crippen LogP contribution in [-0.4, -0.2) is 40.3 Å². The lowest BCUT2D eigenvalue weighted by molar-refractivity contribution is -0.158. The summed E-state index contributed by atoms with van der Waals surface area (Å²) in [7, 11) is 0. The van der Waals surface area contributed by atoms with Gasteiger partial charge in [-0.2, -0.15) is 0 Å². The van der Waals surface area contributed by atoms with Gasteiger partial charge in [-0.25, -0.2) is 0 Å². The fourth-order valence-corrected chi connectivity index (χ4v) is 3.24. The molecule has 4 unspecified atom stereocenters. The second-order valence-electron chi connectivity index (χ2n) is 7.37. The lowest BCUT2D eigenvalue weighted by atomic mass is 9.89. The van der Waals surface area contributed by atoms with E-state index < -0.39 is 24.1 Å². The first-order valence-corrected chi connectivity index (χ1v) is 9.04. The van der Waals surface area contributed by atoms with E-state index in [4.69, 9.17) is 4.74 Å². The molecular weight excluding hydrogens is 320 g/mol. The standard InChI is InChI=1S/C20H32O5/c1-7-17-11(2)8-12(3)18(22)13(4)9-16(21)10-14(5)19(23)15(6)20(24)25-17/h8,10-11,13,15,17-19,22-23H,7,9H2,1-6H3/b12-8+,14-10+/t11?,13?,15-,17+,18?,19?/m1/s1. The molecule has 0 amide bonds. The fourth-order valence-electron chi connectivity index (χ4n) is 3.24. The number of carbonyl (C=O) groups is 2. The molecule has 1 aliphatic heterocycles. The smallest absolute Gasteiger partial charge is 0.311 e. The minimum atomic E-state index is -1.07. The molecule has 0 fully saturated rings.